The Labute approximate surface area is 115 Å². The lowest BCUT2D eigenvalue weighted by molar-refractivity contribution is -0.223. The van der Waals surface area contributed by atoms with Gasteiger partial charge in [0.05, 0.1) is 19.8 Å². The van der Waals surface area contributed by atoms with E-state index < -0.39 is 0 Å². The van der Waals surface area contributed by atoms with Gasteiger partial charge in [-0.25, -0.2) is 0 Å². The zero-order chi connectivity index (χ0) is 14.1. The molecule has 19 heavy (non-hydrogen) atoms. The number of rotatable bonds is 7. The number of nitrogens with two attached hydrogens (primary N) is 1. The molecule has 0 aromatic rings. The van der Waals surface area contributed by atoms with Gasteiger partial charge in [0.15, 0.2) is 6.29 Å². The van der Waals surface area contributed by atoms with Gasteiger partial charge >= 0.3 is 5.97 Å². The summed E-state index contributed by atoms with van der Waals surface area (Å²) in [5.74, 6) is 0.165. The fourth-order valence-electron chi connectivity index (χ4n) is 2.09. The monoisotopic (exact) mass is 271 g/mol. The Morgan fingerprint density at radius 3 is 2.95 bits per heavy atom. The van der Waals surface area contributed by atoms with Crippen LogP contribution in [0.2, 0.25) is 0 Å². The number of allylic oxidation sites excluding steroid dienone is 2. The van der Waals surface area contributed by atoms with E-state index in [1.807, 2.05) is 6.92 Å². The maximum absolute atomic E-state index is 10.9. The van der Waals surface area contributed by atoms with Crippen molar-refractivity contribution in [2.75, 3.05) is 20.3 Å². The van der Waals surface area contributed by atoms with Crippen molar-refractivity contribution >= 4 is 5.97 Å². The third-order valence-electron chi connectivity index (χ3n) is 3.25. The van der Waals surface area contributed by atoms with Gasteiger partial charge < -0.3 is 19.9 Å². The molecule has 0 saturated carbocycles. The molecule has 0 aliphatic carbocycles. The fourth-order valence-corrected chi connectivity index (χ4v) is 2.09. The van der Waals surface area contributed by atoms with E-state index in [1.165, 1.54) is 7.11 Å². The molecule has 0 bridgehead atoms. The molecule has 0 unspecified atom stereocenters. The molecule has 110 valence electrons. The van der Waals surface area contributed by atoms with E-state index in [0.717, 1.165) is 19.3 Å². The summed E-state index contributed by atoms with van der Waals surface area (Å²) in [5.41, 5.74) is 5.70. The maximum atomic E-state index is 10.9. The fraction of sp³-hybridized carbons (Fsp3) is 0.786. The number of methoxy groups -OCH3 is 1. The van der Waals surface area contributed by atoms with E-state index in [1.54, 1.807) is 0 Å². The first-order valence-electron chi connectivity index (χ1n) is 6.86. The highest BCUT2D eigenvalue weighted by molar-refractivity contribution is 5.68. The molecule has 1 heterocycles. The number of ether oxygens (including phenoxy) is 3. The SMILES string of the molecule is COC(=O)CCC/C=C\C[C@H]1CO[C@@H](C)O[C@H]1CN. The molecule has 1 aliphatic heterocycles. The van der Waals surface area contributed by atoms with Gasteiger partial charge in [-0.1, -0.05) is 12.2 Å². The predicted molar refractivity (Wildman–Crippen MR) is 72.5 cm³/mol. The van der Waals surface area contributed by atoms with Crippen LogP contribution in [-0.2, 0) is 19.0 Å². The van der Waals surface area contributed by atoms with E-state index in [0.29, 0.717) is 25.5 Å². The second-order valence-corrected chi connectivity index (χ2v) is 4.75. The Hall–Kier alpha value is -0.910. The third-order valence-corrected chi connectivity index (χ3v) is 3.25. The average Bonchev–Trinajstić information content (AvgIpc) is 2.43. The largest absolute Gasteiger partial charge is 0.469 e. The second-order valence-electron chi connectivity index (χ2n) is 4.75. The summed E-state index contributed by atoms with van der Waals surface area (Å²) in [6.07, 6.45) is 7.19. The maximum Gasteiger partial charge on any atom is 0.305 e. The van der Waals surface area contributed by atoms with E-state index >= 15 is 0 Å². The average molecular weight is 271 g/mol. The van der Waals surface area contributed by atoms with Gasteiger partial charge in [0.2, 0.25) is 0 Å². The van der Waals surface area contributed by atoms with Gasteiger partial charge in [-0.15, -0.1) is 0 Å². The minimum atomic E-state index is -0.158. The van der Waals surface area contributed by atoms with Gasteiger partial charge in [-0.05, 0) is 26.2 Å². The quantitative estimate of drug-likeness (QED) is 0.433. The van der Waals surface area contributed by atoms with Crippen LogP contribution in [0.4, 0.5) is 0 Å². The zero-order valence-corrected chi connectivity index (χ0v) is 11.8. The van der Waals surface area contributed by atoms with Crippen molar-refractivity contribution in [1.29, 1.82) is 0 Å². The van der Waals surface area contributed by atoms with Crippen LogP contribution in [0.25, 0.3) is 0 Å². The Morgan fingerprint density at radius 2 is 2.26 bits per heavy atom. The van der Waals surface area contributed by atoms with Gasteiger partial charge in [0, 0.05) is 18.9 Å². The first-order chi connectivity index (χ1) is 9.17. The number of hydrogen-bond donors (Lipinski definition) is 1. The molecule has 2 N–H and O–H groups in total. The van der Waals surface area contributed by atoms with Gasteiger partial charge in [-0.2, -0.15) is 0 Å². The van der Waals surface area contributed by atoms with Crippen molar-refractivity contribution < 1.29 is 19.0 Å². The summed E-state index contributed by atoms with van der Waals surface area (Å²) in [6, 6.07) is 0. The second kappa shape index (κ2) is 9.07. The zero-order valence-electron chi connectivity index (χ0n) is 11.8. The lowest BCUT2D eigenvalue weighted by Crippen LogP contribution is -2.42. The van der Waals surface area contributed by atoms with Crippen LogP contribution in [0.1, 0.15) is 32.6 Å². The standard InChI is InChI=1S/C14H25NO4/c1-11-18-10-12(13(9-15)19-11)7-5-3-4-6-8-14(16)17-2/h3,5,11-13H,4,6-10,15H2,1-2H3/b5-3-/t11-,12+,13+/m1/s1. The molecule has 1 saturated heterocycles. The van der Waals surface area contributed by atoms with Crippen LogP contribution in [0, 0.1) is 5.92 Å². The number of hydrogen-bond acceptors (Lipinski definition) is 5. The van der Waals surface area contributed by atoms with Crippen molar-refractivity contribution in [3.8, 4) is 0 Å². The van der Waals surface area contributed by atoms with Crippen LogP contribution in [0.3, 0.4) is 0 Å². The highest BCUT2D eigenvalue weighted by atomic mass is 16.7. The lowest BCUT2D eigenvalue weighted by atomic mass is 9.98. The van der Waals surface area contributed by atoms with E-state index in [2.05, 4.69) is 16.9 Å². The Kier molecular flexibility index (Phi) is 7.70. The molecule has 1 fully saturated rings. The summed E-state index contributed by atoms with van der Waals surface area (Å²) in [5, 5.41) is 0. The molecule has 1 rings (SSSR count). The van der Waals surface area contributed by atoms with Crippen LogP contribution in [0.5, 0.6) is 0 Å². The molecule has 5 heteroatoms. The third kappa shape index (κ3) is 6.18. The summed E-state index contributed by atoms with van der Waals surface area (Å²) in [4.78, 5) is 10.9. The minimum absolute atomic E-state index is 0.0727. The molecule has 0 amide bonds. The van der Waals surface area contributed by atoms with Crippen LogP contribution in [-0.4, -0.2) is 38.6 Å². The van der Waals surface area contributed by atoms with Gasteiger partial charge in [-0.3, -0.25) is 4.79 Å². The van der Waals surface area contributed by atoms with Gasteiger partial charge in [0.1, 0.15) is 0 Å². The van der Waals surface area contributed by atoms with Crippen LogP contribution >= 0.6 is 0 Å². The number of esters is 1. The van der Waals surface area contributed by atoms with Crippen LogP contribution in [0.15, 0.2) is 12.2 Å². The first-order valence-corrected chi connectivity index (χ1v) is 6.86. The highest BCUT2D eigenvalue weighted by Crippen LogP contribution is 2.21. The number of carbonyl (C=O) groups excluding carboxylic acids is 1. The lowest BCUT2D eigenvalue weighted by Gasteiger charge is -2.34. The summed E-state index contributed by atoms with van der Waals surface area (Å²) >= 11 is 0. The van der Waals surface area contributed by atoms with Crippen LogP contribution < -0.4 is 5.73 Å². The number of carbonyl (C=O) groups is 1. The first kappa shape index (κ1) is 16.1. The molecule has 0 spiro atoms. The van der Waals surface area contributed by atoms with Gasteiger partial charge in [0.25, 0.3) is 0 Å². The predicted octanol–water partition coefficient (Wildman–Crippen LogP) is 1.61. The molecule has 1 aliphatic rings. The normalized spacial score (nSPS) is 27.6. The summed E-state index contributed by atoms with van der Waals surface area (Å²) in [7, 11) is 1.41. The molecule has 5 nitrogen and oxygen atoms in total. The topological polar surface area (TPSA) is 70.8 Å². The smallest absolute Gasteiger partial charge is 0.305 e. The summed E-state index contributed by atoms with van der Waals surface area (Å²) < 4.78 is 15.7. The molecule has 0 aromatic carbocycles. The molecular weight excluding hydrogens is 246 g/mol. The van der Waals surface area contributed by atoms with Crippen molar-refractivity contribution in [1.82, 2.24) is 0 Å². The Morgan fingerprint density at radius 1 is 1.47 bits per heavy atom. The summed E-state index contributed by atoms with van der Waals surface area (Å²) in [6.45, 7) is 3.10. The van der Waals surface area contributed by atoms with Crippen molar-refractivity contribution in [3.05, 3.63) is 12.2 Å². The van der Waals surface area contributed by atoms with Crippen molar-refractivity contribution in [2.24, 2.45) is 11.7 Å². The van der Waals surface area contributed by atoms with Crippen molar-refractivity contribution in [3.63, 3.8) is 0 Å². The highest BCUT2D eigenvalue weighted by Gasteiger charge is 2.27. The molecule has 0 aromatic heterocycles. The Balaban J connectivity index is 2.18. The molecule has 3 atom stereocenters. The minimum Gasteiger partial charge on any atom is -0.469 e. The van der Waals surface area contributed by atoms with Crippen molar-refractivity contribution in [2.45, 2.75) is 45.0 Å². The molecular formula is C14H25NO4. The Bertz CT molecular complexity index is 293. The number of unbranched alkanes of at least 4 members (excludes halogenated alkanes) is 1. The van der Waals surface area contributed by atoms with E-state index in [9.17, 15) is 4.79 Å². The molecule has 0 radical (unpaired) electrons. The van der Waals surface area contributed by atoms with E-state index in [-0.39, 0.29) is 18.4 Å². The van der Waals surface area contributed by atoms with E-state index in [4.69, 9.17) is 15.2 Å².